The first-order valence-electron chi connectivity index (χ1n) is 9.85. The van der Waals surface area contributed by atoms with Crippen molar-refractivity contribution >= 4 is 18.2 Å². The lowest BCUT2D eigenvalue weighted by atomic mass is 9.89. The van der Waals surface area contributed by atoms with E-state index in [1.807, 2.05) is 30.3 Å². The van der Waals surface area contributed by atoms with E-state index in [1.54, 1.807) is 25.7 Å². The summed E-state index contributed by atoms with van der Waals surface area (Å²) < 4.78 is 10.9. The molecule has 0 radical (unpaired) electrons. The Labute approximate surface area is 170 Å². The second kappa shape index (κ2) is 8.31. The highest BCUT2D eigenvalue weighted by atomic mass is 16.6. The summed E-state index contributed by atoms with van der Waals surface area (Å²) in [5, 5.41) is 9.55. The van der Waals surface area contributed by atoms with Crippen LogP contribution < -0.4 is 0 Å². The molecule has 0 aliphatic carbocycles. The van der Waals surface area contributed by atoms with Gasteiger partial charge in [0.25, 0.3) is 0 Å². The maximum atomic E-state index is 12.7. The number of aliphatic carboxylic acids is 1. The molecule has 0 bridgehead atoms. The van der Waals surface area contributed by atoms with Gasteiger partial charge in [-0.05, 0) is 39.2 Å². The number of fused-ring (bicyclic) bond motifs is 1. The molecule has 8 nitrogen and oxygen atoms in total. The van der Waals surface area contributed by atoms with E-state index in [1.165, 1.54) is 4.90 Å². The van der Waals surface area contributed by atoms with E-state index in [0.29, 0.717) is 19.4 Å². The Bertz CT molecular complexity index is 760. The van der Waals surface area contributed by atoms with Gasteiger partial charge < -0.3 is 24.4 Å². The van der Waals surface area contributed by atoms with Gasteiger partial charge >= 0.3 is 18.2 Å². The topological polar surface area (TPSA) is 96.4 Å². The van der Waals surface area contributed by atoms with Crippen molar-refractivity contribution in [1.82, 2.24) is 9.80 Å². The fourth-order valence-electron chi connectivity index (χ4n) is 3.96. The minimum absolute atomic E-state index is 0.0817. The van der Waals surface area contributed by atoms with Gasteiger partial charge in [-0.3, -0.25) is 4.79 Å². The molecule has 2 aliphatic rings. The Balaban J connectivity index is 1.72. The van der Waals surface area contributed by atoms with Gasteiger partial charge in [0.2, 0.25) is 0 Å². The maximum absolute atomic E-state index is 12.7. The Kier molecular flexibility index (Phi) is 6.00. The number of nitrogens with zero attached hydrogens (tertiary/aromatic N) is 2. The van der Waals surface area contributed by atoms with Crippen LogP contribution in [0.25, 0.3) is 0 Å². The third-order valence-electron chi connectivity index (χ3n) is 5.27. The van der Waals surface area contributed by atoms with Crippen molar-refractivity contribution in [3.05, 3.63) is 35.9 Å². The van der Waals surface area contributed by atoms with Crippen LogP contribution in [0, 0.1) is 5.92 Å². The normalized spacial score (nSPS) is 24.0. The molecule has 2 saturated heterocycles. The molecule has 2 fully saturated rings. The smallest absolute Gasteiger partial charge is 0.410 e. The van der Waals surface area contributed by atoms with Crippen molar-refractivity contribution in [1.29, 1.82) is 0 Å². The zero-order chi connectivity index (χ0) is 21.2. The average molecular weight is 404 g/mol. The summed E-state index contributed by atoms with van der Waals surface area (Å²) >= 11 is 0. The van der Waals surface area contributed by atoms with E-state index in [2.05, 4.69) is 0 Å². The molecule has 3 unspecified atom stereocenters. The molecule has 8 heteroatoms. The summed E-state index contributed by atoms with van der Waals surface area (Å²) in [7, 11) is 0. The Hall–Kier alpha value is -2.77. The summed E-state index contributed by atoms with van der Waals surface area (Å²) in [4.78, 5) is 40.1. The first kappa shape index (κ1) is 21.0. The van der Waals surface area contributed by atoms with E-state index in [9.17, 15) is 19.5 Å². The molecule has 29 heavy (non-hydrogen) atoms. The summed E-state index contributed by atoms with van der Waals surface area (Å²) in [6.45, 7) is 5.94. The standard InChI is InChI=1S/C21H28N2O6/c1-21(2,3)29-20(27)23-12-15(18(24)25)11-17-16(23)9-10-22(17)19(26)28-13-14-7-5-4-6-8-14/h4-8,15-17H,9-13H2,1-3H3,(H,24,25). The summed E-state index contributed by atoms with van der Waals surface area (Å²) in [5.41, 5.74) is 0.189. The van der Waals surface area contributed by atoms with E-state index in [4.69, 9.17) is 9.47 Å². The van der Waals surface area contributed by atoms with Crippen LogP contribution in [0.2, 0.25) is 0 Å². The van der Waals surface area contributed by atoms with Crippen molar-refractivity contribution in [2.24, 2.45) is 5.92 Å². The average Bonchev–Trinajstić information content (AvgIpc) is 3.08. The first-order chi connectivity index (χ1) is 13.7. The molecule has 1 N–H and O–H groups in total. The third kappa shape index (κ3) is 4.99. The van der Waals surface area contributed by atoms with Crippen LogP contribution in [0.3, 0.4) is 0 Å². The first-order valence-corrected chi connectivity index (χ1v) is 9.85. The number of benzene rings is 1. The van der Waals surface area contributed by atoms with E-state index < -0.39 is 35.7 Å². The van der Waals surface area contributed by atoms with Gasteiger partial charge in [0.15, 0.2) is 0 Å². The fraction of sp³-hybridized carbons (Fsp3) is 0.571. The number of amides is 2. The molecule has 0 spiro atoms. The molecule has 2 amide bonds. The highest BCUT2D eigenvalue weighted by Crippen LogP contribution is 2.35. The maximum Gasteiger partial charge on any atom is 0.410 e. The second-order valence-electron chi connectivity index (χ2n) is 8.56. The lowest BCUT2D eigenvalue weighted by molar-refractivity contribution is -0.144. The number of piperidine rings is 1. The van der Waals surface area contributed by atoms with Gasteiger partial charge in [-0.1, -0.05) is 30.3 Å². The zero-order valence-electron chi connectivity index (χ0n) is 17.0. The van der Waals surface area contributed by atoms with Crippen LogP contribution >= 0.6 is 0 Å². The van der Waals surface area contributed by atoms with Crippen LogP contribution in [0.1, 0.15) is 39.2 Å². The van der Waals surface area contributed by atoms with Crippen molar-refractivity contribution in [3.8, 4) is 0 Å². The lowest BCUT2D eigenvalue weighted by Crippen LogP contribution is -2.57. The molecule has 2 aliphatic heterocycles. The fourth-order valence-corrected chi connectivity index (χ4v) is 3.96. The molecule has 3 atom stereocenters. The Morgan fingerprint density at radius 1 is 1.07 bits per heavy atom. The molecule has 1 aromatic rings. The molecule has 1 aromatic carbocycles. The van der Waals surface area contributed by atoms with Gasteiger partial charge in [0.05, 0.1) is 18.0 Å². The summed E-state index contributed by atoms with van der Waals surface area (Å²) in [5.74, 6) is -1.74. The number of carboxylic acid groups (broad SMARTS) is 1. The molecular formula is C21H28N2O6. The number of rotatable bonds is 3. The highest BCUT2D eigenvalue weighted by molar-refractivity contribution is 5.75. The quantitative estimate of drug-likeness (QED) is 0.832. The van der Waals surface area contributed by atoms with E-state index >= 15 is 0 Å². The Morgan fingerprint density at radius 3 is 2.38 bits per heavy atom. The van der Waals surface area contributed by atoms with Crippen LogP contribution in [0.4, 0.5) is 9.59 Å². The van der Waals surface area contributed by atoms with E-state index in [-0.39, 0.29) is 19.2 Å². The number of hydrogen-bond donors (Lipinski definition) is 1. The highest BCUT2D eigenvalue weighted by Gasteiger charge is 2.49. The molecule has 0 saturated carbocycles. The van der Waals surface area contributed by atoms with Gasteiger partial charge in [-0.15, -0.1) is 0 Å². The van der Waals surface area contributed by atoms with Crippen LogP contribution in [0.5, 0.6) is 0 Å². The predicted octanol–water partition coefficient (Wildman–Crippen LogP) is 3.11. The summed E-state index contributed by atoms with van der Waals surface area (Å²) in [6.07, 6.45) is -0.175. The van der Waals surface area contributed by atoms with Crippen LogP contribution in [-0.4, -0.2) is 63.8 Å². The SMILES string of the molecule is CC(C)(C)OC(=O)N1CC(C(=O)O)CC2C1CCN2C(=O)OCc1ccccc1. The Morgan fingerprint density at radius 2 is 1.76 bits per heavy atom. The number of likely N-dealkylation sites (tertiary alicyclic amines) is 2. The number of carbonyl (C=O) groups is 3. The molecule has 0 aromatic heterocycles. The van der Waals surface area contributed by atoms with Gasteiger partial charge in [0.1, 0.15) is 12.2 Å². The monoisotopic (exact) mass is 404 g/mol. The third-order valence-corrected chi connectivity index (χ3v) is 5.27. The number of carbonyl (C=O) groups excluding carboxylic acids is 2. The number of hydrogen-bond acceptors (Lipinski definition) is 5. The van der Waals surface area contributed by atoms with Crippen LogP contribution in [-0.2, 0) is 20.9 Å². The molecular weight excluding hydrogens is 376 g/mol. The van der Waals surface area contributed by atoms with E-state index in [0.717, 1.165) is 5.56 Å². The van der Waals surface area contributed by atoms with Crippen molar-refractivity contribution < 1.29 is 29.0 Å². The predicted molar refractivity (Wildman–Crippen MR) is 104 cm³/mol. The zero-order valence-corrected chi connectivity index (χ0v) is 17.0. The largest absolute Gasteiger partial charge is 0.481 e. The van der Waals surface area contributed by atoms with Crippen molar-refractivity contribution in [2.75, 3.05) is 13.1 Å². The molecule has 158 valence electrons. The molecule has 2 heterocycles. The van der Waals surface area contributed by atoms with Crippen LogP contribution in [0.15, 0.2) is 30.3 Å². The van der Waals surface area contributed by atoms with Crippen molar-refractivity contribution in [2.45, 2.75) is 57.9 Å². The molecule has 3 rings (SSSR count). The number of ether oxygens (including phenoxy) is 2. The van der Waals surface area contributed by atoms with Gasteiger partial charge in [-0.2, -0.15) is 0 Å². The van der Waals surface area contributed by atoms with Crippen molar-refractivity contribution in [3.63, 3.8) is 0 Å². The van der Waals surface area contributed by atoms with Gasteiger partial charge in [-0.25, -0.2) is 9.59 Å². The summed E-state index contributed by atoms with van der Waals surface area (Å²) in [6, 6.07) is 8.68. The number of carboxylic acids is 1. The minimum Gasteiger partial charge on any atom is -0.481 e. The minimum atomic E-state index is -0.985. The second-order valence-corrected chi connectivity index (χ2v) is 8.56. The lowest BCUT2D eigenvalue weighted by Gasteiger charge is -2.42. The van der Waals surface area contributed by atoms with Gasteiger partial charge in [0, 0.05) is 13.1 Å².